The molecule has 0 spiro atoms. The number of nitrogens with one attached hydrogen (secondary N) is 2. The Morgan fingerprint density at radius 3 is 2.21 bits per heavy atom. The van der Waals surface area contributed by atoms with Gasteiger partial charge < -0.3 is 15.1 Å². The monoisotopic (exact) mass is 422 g/mol. The van der Waals surface area contributed by atoms with Crippen LogP contribution in [0, 0.1) is 20.8 Å². The lowest BCUT2D eigenvalue weighted by atomic mass is 10.1. The zero-order valence-electron chi connectivity index (χ0n) is 17.7. The lowest BCUT2D eigenvalue weighted by Gasteiger charge is -2.29. The van der Waals surface area contributed by atoms with Gasteiger partial charge in [0.15, 0.2) is 22.9 Å². The minimum Gasteiger partial charge on any atom is -0.331 e. The molecule has 160 valence electrons. The number of amides is 2. The van der Waals surface area contributed by atoms with Crippen LogP contribution in [0.5, 0.6) is 0 Å². The van der Waals surface area contributed by atoms with Crippen molar-refractivity contribution in [3.63, 3.8) is 0 Å². The van der Waals surface area contributed by atoms with E-state index in [1.54, 1.807) is 4.90 Å². The number of aryl methyl sites for hydroxylation is 3. The molecule has 7 nitrogen and oxygen atoms in total. The summed E-state index contributed by atoms with van der Waals surface area (Å²) in [5, 5.41) is 2.98. The molecule has 1 aliphatic carbocycles. The fraction of sp³-hybridized carbons (Fsp3) is 0.619. The number of hydrogen-bond donors (Lipinski definition) is 2. The van der Waals surface area contributed by atoms with Crippen molar-refractivity contribution in [1.82, 2.24) is 4.90 Å². The number of nitrogens with zero attached hydrogens (tertiary/aromatic N) is 1. The summed E-state index contributed by atoms with van der Waals surface area (Å²) in [6.07, 6.45) is 2.40. The summed E-state index contributed by atoms with van der Waals surface area (Å²) < 4.78 is 23.7. The maximum Gasteiger partial charge on any atom is 0.279 e. The van der Waals surface area contributed by atoms with Crippen molar-refractivity contribution in [2.75, 3.05) is 37.0 Å². The molecule has 1 aromatic rings. The van der Waals surface area contributed by atoms with Crippen molar-refractivity contribution in [3.05, 3.63) is 28.8 Å². The van der Waals surface area contributed by atoms with Crippen molar-refractivity contribution in [3.8, 4) is 0 Å². The summed E-state index contributed by atoms with van der Waals surface area (Å²) in [5.74, 6) is 0.0456. The van der Waals surface area contributed by atoms with E-state index in [1.165, 1.54) is 0 Å². The number of sulfone groups is 1. The van der Waals surface area contributed by atoms with Crippen molar-refractivity contribution in [1.29, 1.82) is 0 Å². The van der Waals surface area contributed by atoms with Crippen LogP contribution in [0.2, 0.25) is 0 Å². The average molecular weight is 423 g/mol. The Balaban J connectivity index is 1.57. The van der Waals surface area contributed by atoms with E-state index >= 15 is 0 Å². The quantitative estimate of drug-likeness (QED) is 0.659. The number of quaternary nitrogens is 1. The Morgan fingerprint density at radius 1 is 1.07 bits per heavy atom. The summed E-state index contributed by atoms with van der Waals surface area (Å²) in [7, 11) is -1.22. The Hall–Kier alpha value is -1.93. The zero-order chi connectivity index (χ0) is 21.3. The van der Waals surface area contributed by atoms with Gasteiger partial charge in [-0.3, -0.25) is 9.59 Å². The molecule has 0 bridgehead atoms. The summed E-state index contributed by atoms with van der Waals surface area (Å²) in [4.78, 5) is 28.0. The van der Waals surface area contributed by atoms with Crippen molar-refractivity contribution in [2.45, 2.75) is 52.1 Å². The standard InChI is InChI=1S/C21H31N3O4S/c1-14-9-15(2)21(16(3)10-14)22-19(25)11-23(4)12-20(26)24(17-5-6-17)18-7-8-29(27,28)13-18/h9-10,17-18H,5-8,11-13H2,1-4H3,(H,22,25)/p+1/t18-/m1/s1. The van der Waals surface area contributed by atoms with Gasteiger partial charge >= 0.3 is 0 Å². The normalized spacial score (nSPS) is 21.6. The second kappa shape index (κ2) is 8.44. The molecular formula is C21H32N3O4S+. The number of likely N-dealkylation sites (N-methyl/N-ethyl adjacent to an activating group) is 1. The highest BCUT2D eigenvalue weighted by Crippen LogP contribution is 2.32. The number of benzene rings is 1. The van der Waals surface area contributed by atoms with Crippen LogP contribution in [0.1, 0.15) is 36.0 Å². The highest BCUT2D eigenvalue weighted by molar-refractivity contribution is 7.91. The Morgan fingerprint density at radius 2 is 1.69 bits per heavy atom. The smallest absolute Gasteiger partial charge is 0.279 e. The molecule has 1 saturated carbocycles. The molecule has 1 unspecified atom stereocenters. The van der Waals surface area contributed by atoms with E-state index in [9.17, 15) is 18.0 Å². The van der Waals surface area contributed by atoms with Crippen LogP contribution in [0.3, 0.4) is 0 Å². The number of anilines is 1. The first-order valence-electron chi connectivity index (χ1n) is 10.3. The molecule has 1 aliphatic heterocycles. The van der Waals surface area contributed by atoms with E-state index in [1.807, 2.05) is 40.0 Å². The molecule has 1 heterocycles. The van der Waals surface area contributed by atoms with E-state index in [4.69, 9.17) is 0 Å². The Labute approximate surface area is 173 Å². The third kappa shape index (κ3) is 5.57. The van der Waals surface area contributed by atoms with Crippen LogP contribution < -0.4 is 10.2 Å². The van der Waals surface area contributed by atoms with Gasteiger partial charge in [0.05, 0.1) is 18.6 Å². The van der Waals surface area contributed by atoms with E-state index in [2.05, 4.69) is 5.32 Å². The summed E-state index contributed by atoms with van der Waals surface area (Å²) >= 11 is 0. The van der Waals surface area contributed by atoms with Gasteiger partial charge in [-0.25, -0.2) is 8.42 Å². The lowest BCUT2D eigenvalue weighted by Crippen LogP contribution is -3.11. The van der Waals surface area contributed by atoms with Gasteiger partial charge in [0.1, 0.15) is 0 Å². The van der Waals surface area contributed by atoms with Gasteiger partial charge in [0.25, 0.3) is 11.8 Å². The first-order chi connectivity index (χ1) is 13.6. The number of carbonyl (C=O) groups excluding carboxylic acids is 2. The number of hydrogen-bond acceptors (Lipinski definition) is 4. The molecule has 2 fully saturated rings. The molecule has 2 atom stereocenters. The molecule has 2 N–H and O–H groups in total. The second-order valence-corrected chi connectivity index (χ2v) is 11.0. The molecule has 8 heteroatoms. The molecular weight excluding hydrogens is 390 g/mol. The third-order valence-electron chi connectivity index (χ3n) is 5.69. The van der Waals surface area contributed by atoms with Crippen LogP contribution in [0.15, 0.2) is 12.1 Å². The first kappa shape index (κ1) is 21.8. The molecule has 1 aromatic carbocycles. The average Bonchev–Trinajstić information content (AvgIpc) is 3.34. The zero-order valence-corrected chi connectivity index (χ0v) is 18.6. The highest BCUT2D eigenvalue weighted by atomic mass is 32.2. The predicted octanol–water partition coefficient (Wildman–Crippen LogP) is 0.243. The summed E-state index contributed by atoms with van der Waals surface area (Å²) in [5.41, 5.74) is 4.02. The Bertz CT molecular complexity index is 885. The van der Waals surface area contributed by atoms with E-state index in [0.29, 0.717) is 6.42 Å². The van der Waals surface area contributed by atoms with Crippen LogP contribution in [-0.4, -0.2) is 68.9 Å². The fourth-order valence-electron chi connectivity index (χ4n) is 4.30. The first-order valence-corrected chi connectivity index (χ1v) is 12.1. The van der Waals surface area contributed by atoms with Gasteiger partial charge in [-0.05, 0) is 51.2 Å². The van der Waals surface area contributed by atoms with Gasteiger partial charge in [-0.2, -0.15) is 0 Å². The molecule has 0 aromatic heterocycles. The van der Waals surface area contributed by atoms with Crippen molar-refractivity contribution in [2.24, 2.45) is 0 Å². The Kier molecular flexibility index (Phi) is 6.33. The molecule has 3 rings (SSSR count). The maximum absolute atomic E-state index is 12.9. The number of rotatable bonds is 7. The lowest BCUT2D eigenvalue weighted by molar-refractivity contribution is -0.862. The minimum atomic E-state index is -3.04. The largest absolute Gasteiger partial charge is 0.331 e. The molecule has 29 heavy (non-hydrogen) atoms. The predicted molar refractivity (Wildman–Crippen MR) is 113 cm³/mol. The van der Waals surface area contributed by atoms with Crippen LogP contribution in [0.25, 0.3) is 0 Å². The topological polar surface area (TPSA) is 88.0 Å². The van der Waals surface area contributed by atoms with Gasteiger partial charge in [0.2, 0.25) is 0 Å². The van der Waals surface area contributed by atoms with Gasteiger partial charge in [0, 0.05) is 17.8 Å². The molecule has 0 radical (unpaired) electrons. The van der Waals surface area contributed by atoms with Crippen molar-refractivity contribution >= 4 is 27.3 Å². The molecule has 2 aliphatic rings. The van der Waals surface area contributed by atoms with E-state index in [0.717, 1.165) is 40.1 Å². The fourth-order valence-corrected chi connectivity index (χ4v) is 6.01. The molecule has 2 amide bonds. The van der Waals surface area contributed by atoms with Crippen molar-refractivity contribution < 1.29 is 22.9 Å². The van der Waals surface area contributed by atoms with E-state index < -0.39 is 9.84 Å². The van der Waals surface area contributed by atoms with Crippen LogP contribution in [-0.2, 0) is 19.4 Å². The minimum absolute atomic E-state index is 0.0532. The summed E-state index contributed by atoms with van der Waals surface area (Å²) in [6, 6.07) is 4.03. The second-order valence-electron chi connectivity index (χ2n) is 8.72. The SMILES string of the molecule is Cc1cc(C)c(NC(=O)C[NH+](C)CC(=O)N(C2CC2)[C@@H]2CCS(=O)(=O)C2)c(C)c1. The third-order valence-corrected chi connectivity index (χ3v) is 7.44. The highest BCUT2D eigenvalue weighted by Gasteiger charge is 2.42. The van der Waals surface area contributed by atoms with Crippen LogP contribution in [0.4, 0.5) is 5.69 Å². The molecule has 1 saturated heterocycles. The maximum atomic E-state index is 12.9. The number of carbonyl (C=O) groups is 2. The van der Waals surface area contributed by atoms with Crippen LogP contribution >= 0.6 is 0 Å². The van der Waals surface area contributed by atoms with E-state index in [-0.39, 0.29) is 48.5 Å². The van der Waals surface area contributed by atoms with Gasteiger partial charge in [-0.1, -0.05) is 17.7 Å². The van der Waals surface area contributed by atoms with Gasteiger partial charge in [-0.15, -0.1) is 0 Å². The summed E-state index contributed by atoms with van der Waals surface area (Å²) in [6.45, 7) is 6.33.